The zero-order valence-electron chi connectivity index (χ0n) is 13.5. The van der Waals surface area contributed by atoms with Crippen LogP contribution >= 0.6 is 11.6 Å². The maximum Gasteiger partial charge on any atom is 0.251 e. The number of aromatic hydroxyl groups is 1. The van der Waals surface area contributed by atoms with Crippen molar-refractivity contribution in [3.8, 4) is 5.75 Å². The quantitative estimate of drug-likeness (QED) is 0.871. The Balaban J connectivity index is 1.65. The van der Waals surface area contributed by atoms with E-state index >= 15 is 0 Å². The first-order valence-corrected chi connectivity index (χ1v) is 8.57. The third-order valence-electron chi connectivity index (χ3n) is 4.36. The molecule has 1 heterocycles. The van der Waals surface area contributed by atoms with Crippen LogP contribution < -0.4 is 5.32 Å². The molecule has 0 atom stereocenters. The molecule has 1 fully saturated rings. The molecular weight excluding hydrogens is 324 g/mol. The summed E-state index contributed by atoms with van der Waals surface area (Å²) < 4.78 is 0. The van der Waals surface area contributed by atoms with Gasteiger partial charge in [-0.2, -0.15) is 0 Å². The van der Waals surface area contributed by atoms with Gasteiger partial charge in [-0.05, 0) is 55.3 Å². The Hall–Kier alpha value is -2.04. The van der Waals surface area contributed by atoms with Crippen molar-refractivity contribution in [1.82, 2.24) is 10.2 Å². The van der Waals surface area contributed by atoms with Gasteiger partial charge in [0.1, 0.15) is 5.75 Å². The van der Waals surface area contributed by atoms with Crippen molar-refractivity contribution in [3.63, 3.8) is 0 Å². The maximum atomic E-state index is 12.3. The SMILES string of the molecule is O=C(NCc1ccccc1CN1CCCC1)c1ccc(O)c(Cl)c1. The zero-order chi connectivity index (χ0) is 16.9. The number of likely N-dealkylation sites (tertiary alicyclic amines) is 1. The Labute approximate surface area is 147 Å². The van der Waals surface area contributed by atoms with Crippen molar-refractivity contribution in [2.75, 3.05) is 13.1 Å². The Bertz CT molecular complexity index is 727. The van der Waals surface area contributed by atoms with Gasteiger partial charge in [0, 0.05) is 18.7 Å². The molecule has 1 saturated heterocycles. The number of hydrogen-bond acceptors (Lipinski definition) is 3. The van der Waals surface area contributed by atoms with Gasteiger partial charge in [-0.3, -0.25) is 9.69 Å². The molecular formula is C19H21ClN2O2. The molecule has 24 heavy (non-hydrogen) atoms. The molecule has 2 aromatic carbocycles. The van der Waals surface area contributed by atoms with Crippen LogP contribution in [0.15, 0.2) is 42.5 Å². The van der Waals surface area contributed by atoms with Gasteiger partial charge in [0.05, 0.1) is 5.02 Å². The van der Waals surface area contributed by atoms with E-state index in [0.717, 1.165) is 25.2 Å². The van der Waals surface area contributed by atoms with Gasteiger partial charge in [-0.25, -0.2) is 0 Å². The monoisotopic (exact) mass is 344 g/mol. The van der Waals surface area contributed by atoms with Crippen LogP contribution in [0.4, 0.5) is 0 Å². The molecule has 2 aromatic rings. The molecule has 0 radical (unpaired) electrons. The predicted molar refractivity (Wildman–Crippen MR) is 95.2 cm³/mol. The summed E-state index contributed by atoms with van der Waals surface area (Å²) in [5.41, 5.74) is 2.82. The van der Waals surface area contributed by atoms with E-state index in [9.17, 15) is 9.90 Å². The summed E-state index contributed by atoms with van der Waals surface area (Å²) in [5, 5.41) is 12.5. The second kappa shape index (κ2) is 7.69. The molecule has 126 valence electrons. The van der Waals surface area contributed by atoms with Crippen LogP contribution in [-0.4, -0.2) is 29.0 Å². The third-order valence-corrected chi connectivity index (χ3v) is 4.66. The van der Waals surface area contributed by atoms with E-state index in [-0.39, 0.29) is 16.7 Å². The highest BCUT2D eigenvalue weighted by Crippen LogP contribution is 2.23. The van der Waals surface area contributed by atoms with Crippen LogP contribution in [0.3, 0.4) is 0 Å². The topological polar surface area (TPSA) is 52.6 Å². The minimum atomic E-state index is -0.201. The zero-order valence-corrected chi connectivity index (χ0v) is 14.2. The molecule has 0 spiro atoms. The Morgan fingerprint density at radius 2 is 1.83 bits per heavy atom. The molecule has 2 N–H and O–H groups in total. The summed E-state index contributed by atoms with van der Waals surface area (Å²) in [6.07, 6.45) is 2.53. The van der Waals surface area contributed by atoms with E-state index in [4.69, 9.17) is 11.6 Å². The van der Waals surface area contributed by atoms with Crippen molar-refractivity contribution < 1.29 is 9.90 Å². The fraction of sp³-hybridized carbons (Fsp3) is 0.316. The van der Waals surface area contributed by atoms with Gasteiger partial charge in [-0.15, -0.1) is 0 Å². The fourth-order valence-electron chi connectivity index (χ4n) is 2.99. The molecule has 1 aliphatic rings. The molecule has 0 saturated carbocycles. The predicted octanol–water partition coefficient (Wildman–Crippen LogP) is 3.57. The average Bonchev–Trinajstić information content (AvgIpc) is 3.09. The first kappa shape index (κ1) is 16.8. The highest BCUT2D eigenvalue weighted by molar-refractivity contribution is 6.32. The van der Waals surface area contributed by atoms with E-state index < -0.39 is 0 Å². The summed E-state index contributed by atoms with van der Waals surface area (Å²) in [7, 11) is 0. The number of hydrogen-bond donors (Lipinski definition) is 2. The lowest BCUT2D eigenvalue weighted by Crippen LogP contribution is -2.25. The molecule has 5 heteroatoms. The second-order valence-corrected chi connectivity index (χ2v) is 6.51. The Kier molecular flexibility index (Phi) is 5.38. The normalized spacial score (nSPS) is 14.7. The molecule has 0 bridgehead atoms. The van der Waals surface area contributed by atoms with Crippen molar-refractivity contribution in [3.05, 3.63) is 64.2 Å². The van der Waals surface area contributed by atoms with Crippen LogP contribution in [-0.2, 0) is 13.1 Å². The minimum absolute atomic E-state index is 0.0239. The lowest BCUT2D eigenvalue weighted by molar-refractivity contribution is 0.0950. The lowest BCUT2D eigenvalue weighted by Gasteiger charge is -2.17. The Morgan fingerprint density at radius 1 is 1.12 bits per heavy atom. The molecule has 0 aliphatic carbocycles. The average molecular weight is 345 g/mol. The largest absolute Gasteiger partial charge is 0.506 e. The molecule has 1 amide bonds. The summed E-state index contributed by atoms with van der Waals surface area (Å²) in [6.45, 7) is 3.69. The summed E-state index contributed by atoms with van der Waals surface area (Å²) in [6, 6.07) is 12.7. The minimum Gasteiger partial charge on any atom is -0.506 e. The molecule has 0 unspecified atom stereocenters. The van der Waals surface area contributed by atoms with Crippen molar-refractivity contribution in [2.24, 2.45) is 0 Å². The van der Waals surface area contributed by atoms with Crippen LogP contribution in [0.5, 0.6) is 5.75 Å². The number of nitrogens with zero attached hydrogens (tertiary/aromatic N) is 1. The van der Waals surface area contributed by atoms with Crippen LogP contribution in [0.1, 0.15) is 34.3 Å². The number of phenols is 1. The van der Waals surface area contributed by atoms with Gasteiger partial charge in [-0.1, -0.05) is 35.9 Å². The van der Waals surface area contributed by atoms with Crippen LogP contribution in [0.25, 0.3) is 0 Å². The highest BCUT2D eigenvalue weighted by Gasteiger charge is 2.14. The van der Waals surface area contributed by atoms with E-state index in [2.05, 4.69) is 22.3 Å². The number of rotatable bonds is 5. The first-order chi connectivity index (χ1) is 11.6. The summed E-state index contributed by atoms with van der Waals surface area (Å²) in [5.74, 6) is -0.225. The van der Waals surface area contributed by atoms with Gasteiger partial charge in [0.2, 0.25) is 0 Å². The maximum absolute atomic E-state index is 12.3. The Morgan fingerprint density at radius 3 is 2.54 bits per heavy atom. The number of carbonyl (C=O) groups excluding carboxylic acids is 1. The number of nitrogens with one attached hydrogen (secondary N) is 1. The number of benzene rings is 2. The lowest BCUT2D eigenvalue weighted by atomic mass is 10.1. The van der Waals surface area contributed by atoms with Crippen LogP contribution in [0, 0.1) is 0 Å². The smallest absolute Gasteiger partial charge is 0.251 e. The summed E-state index contributed by atoms with van der Waals surface area (Å²) in [4.78, 5) is 14.7. The van der Waals surface area contributed by atoms with Gasteiger partial charge in [0.15, 0.2) is 0 Å². The molecule has 4 nitrogen and oxygen atoms in total. The standard InChI is InChI=1S/C19H21ClN2O2/c20-17-11-14(7-8-18(17)23)19(24)21-12-15-5-1-2-6-16(15)13-22-9-3-4-10-22/h1-2,5-8,11,23H,3-4,9-10,12-13H2,(H,21,24). The third kappa shape index (κ3) is 4.08. The fourth-order valence-corrected chi connectivity index (χ4v) is 3.17. The van der Waals surface area contributed by atoms with E-state index in [1.54, 1.807) is 6.07 Å². The van der Waals surface area contributed by atoms with E-state index in [1.165, 1.54) is 30.5 Å². The number of amides is 1. The summed E-state index contributed by atoms with van der Waals surface area (Å²) >= 11 is 5.86. The van der Waals surface area contributed by atoms with E-state index in [0.29, 0.717) is 12.1 Å². The second-order valence-electron chi connectivity index (χ2n) is 6.10. The van der Waals surface area contributed by atoms with E-state index in [1.807, 2.05) is 12.1 Å². The highest BCUT2D eigenvalue weighted by atomic mass is 35.5. The number of carbonyl (C=O) groups is 1. The first-order valence-electron chi connectivity index (χ1n) is 8.19. The van der Waals surface area contributed by atoms with Gasteiger partial charge < -0.3 is 10.4 Å². The molecule has 3 rings (SSSR count). The molecule has 0 aromatic heterocycles. The number of phenolic OH excluding ortho intramolecular Hbond substituents is 1. The van der Waals surface area contributed by atoms with Crippen molar-refractivity contribution >= 4 is 17.5 Å². The van der Waals surface area contributed by atoms with Crippen molar-refractivity contribution in [2.45, 2.75) is 25.9 Å². The van der Waals surface area contributed by atoms with Gasteiger partial charge >= 0.3 is 0 Å². The number of halogens is 1. The molecule has 1 aliphatic heterocycles. The van der Waals surface area contributed by atoms with Crippen molar-refractivity contribution in [1.29, 1.82) is 0 Å². The van der Waals surface area contributed by atoms with Crippen LogP contribution in [0.2, 0.25) is 5.02 Å². The van der Waals surface area contributed by atoms with Gasteiger partial charge in [0.25, 0.3) is 5.91 Å².